The molecule has 2 aromatic rings. The Morgan fingerprint density at radius 3 is 2.30 bits per heavy atom. The van der Waals surface area contributed by atoms with Gasteiger partial charge in [0, 0.05) is 24.2 Å². The first kappa shape index (κ1) is 25.8. The van der Waals surface area contributed by atoms with Crippen LogP contribution in [0.2, 0.25) is 0 Å². The van der Waals surface area contributed by atoms with E-state index in [1.54, 1.807) is 12.1 Å². The predicted molar refractivity (Wildman–Crippen MR) is 125 cm³/mol. The molecule has 0 bridgehead atoms. The number of ether oxygens (including phenoxy) is 3. The van der Waals surface area contributed by atoms with E-state index in [1.165, 1.54) is 57.4 Å². The first-order valence-electron chi connectivity index (χ1n) is 9.95. The van der Waals surface area contributed by atoms with E-state index in [1.807, 2.05) is 6.26 Å². The largest absolute Gasteiger partial charge is 0.493 e. The third-order valence-corrected chi connectivity index (χ3v) is 5.39. The molecule has 1 atom stereocenters. The van der Waals surface area contributed by atoms with E-state index >= 15 is 0 Å². The molecule has 2 aromatic carbocycles. The van der Waals surface area contributed by atoms with Crippen LogP contribution in [0.4, 0.5) is 5.69 Å². The van der Waals surface area contributed by atoms with Gasteiger partial charge in [0.15, 0.2) is 11.5 Å². The number of rotatable bonds is 12. The number of amides is 2. The lowest BCUT2D eigenvalue weighted by atomic mass is 10.1. The fourth-order valence-electron chi connectivity index (χ4n) is 3.06. The van der Waals surface area contributed by atoms with Gasteiger partial charge in [-0.15, -0.1) is 0 Å². The molecule has 0 saturated heterocycles. The maximum atomic E-state index is 12.9. The zero-order chi connectivity index (χ0) is 24.4. The third kappa shape index (κ3) is 7.01. The fourth-order valence-corrected chi connectivity index (χ4v) is 3.53. The van der Waals surface area contributed by atoms with Gasteiger partial charge in [0.2, 0.25) is 11.7 Å². The van der Waals surface area contributed by atoms with Crippen LogP contribution >= 0.6 is 11.8 Å². The number of nitro groups is 1. The Bertz CT molecular complexity index is 975. The first-order chi connectivity index (χ1) is 15.8. The van der Waals surface area contributed by atoms with E-state index in [0.29, 0.717) is 35.0 Å². The molecule has 0 heterocycles. The van der Waals surface area contributed by atoms with Gasteiger partial charge in [-0.3, -0.25) is 19.7 Å². The summed E-state index contributed by atoms with van der Waals surface area (Å²) in [6, 6.07) is 7.99. The van der Waals surface area contributed by atoms with Crippen LogP contribution in [0.1, 0.15) is 22.3 Å². The Hall–Kier alpha value is -3.47. The zero-order valence-corrected chi connectivity index (χ0v) is 19.7. The second-order valence-electron chi connectivity index (χ2n) is 6.87. The second kappa shape index (κ2) is 12.5. The molecule has 0 radical (unpaired) electrons. The summed E-state index contributed by atoms with van der Waals surface area (Å²) in [5.74, 6) is 1.05. The second-order valence-corrected chi connectivity index (χ2v) is 7.85. The number of benzene rings is 2. The number of methoxy groups -OCH3 is 3. The smallest absolute Gasteiger partial charge is 0.270 e. The Balaban J connectivity index is 2.14. The number of nitrogens with one attached hydrogen (secondary N) is 2. The number of thioether (sulfide) groups is 1. The highest BCUT2D eigenvalue weighted by atomic mass is 32.2. The summed E-state index contributed by atoms with van der Waals surface area (Å²) in [7, 11) is 4.51. The predicted octanol–water partition coefficient (Wildman–Crippen LogP) is 2.79. The molecule has 10 nitrogen and oxygen atoms in total. The van der Waals surface area contributed by atoms with E-state index in [9.17, 15) is 19.7 Å². The Morgan fingerprint density at radius 2 is 1.76 bits per heavy atom. The molecule has 2 amide bonds. The van der Waals surface area contributed by atoms with Crippen LogP contribution in [-0.2, 0) is 11.3 Å². The van der Waals surface area contributed by atoms with Crippen molar-refractivity contribution in [3.63, 3.8) is 0 Å². The summed E-state index contributed by atoms with van der Waals surface area (Å²) in [5, 5.41) is 16.5. The molecule has 0 aliphatic rings. The summed E-state index contributed by atoms with van der Waals surface area (Å²) in [6.07, 6.45) is 2.29. The van der Waals surface area contributed by atoms with Gasteiger partial charge in [0.25, 0.3) is 11.6 Å². The van der Waals surface area contributed by atoms with Gasteiger partial charge in [0.1, 0.15) is 6.04 Å². The molecule has 1 unspecified atom stereocenters. The molecule has 0 fully saturated rings. The number of hydrogen-bond acceptors (Lipinski definition) is 8. The van der Waals surface area contributed by atoms with Gasteiger partial charge in [-0.25, -0.2) is 0 Å². The number of hydrogen-bond donors (Lipinski definition) is 2. The Kier molecular flexibility index (Phi) is 9.80. The van der Waals surface area contributed by atoms with Gasteiger partial charge < -0.3 is 24.8 Å². The molecule has 178 valence electrons. The quantitative estimate of drug-likeness (QED) is 0.353. The normalized spacial score (nSPS) is 11.3. The van der Waals surface area contributed by atoms with Crippen LogP contribution in [0.5, 0.6) is 17.2 Å². The van der Waals surface area contributed by atoms with Gasteiger partial charge >= 0.3 is 0 Å². The lowest BCUT2D eigenvalue weighted by molar-refractivity contribution is -0.384. The molecular formula is C22H27N3O7S. The molecule has 0 aliphatic heterocycles. The van der Waals surface area contributed by atoms with Crippen LogP contribution in [0, 0.1) is 10.1 Å². The molecule has 2 N–H and O–H groups in total. The van der Waals surface area contributed by atoms with Crippen LogP contribution in [0.3, 0.4) is 0 Å². The van der Waals surface area contributed by atoms with Crippen molar-refractivity contribution in [3.05, 3.63) is 57.6 Å². The highest BCUT2D eigenvalue weighted by Gasteiger charge is 2.22. The van der Waals surface area contributed by atoms with Crippen molar-refractivity contribution in [2.45, 2.75) is 19.0 Å². The number of non-ortho nitro benzene ring substituents is 1. The van der Waals surface area contributed by atoms with Crippen molar-refractivity contribution >= 4 is 29.3 Å². The standard InChI is InChI=1S/C22H27N3O7S/c1-30-18-10-14(11-19(31-2)20(18)32-3)13-23-22(27)17(8-9-33-4)24-21(26)15-6-5-7-16(12-15)25(28)29/h5-7,10-12,17H,8-9,13H2,1-4H3,(H,23,27)(H,24,26). The number of carbonyl (C=O) groups excluding carboxylic acids is 2. The SMILES string of the molecule is COc1cc(CNC(=O)C(CCSC)NC(=O)c2cccc([N+](=O)[O-])c2)cc(OC)c1OC. The molecule has 0 aliphatic carbocycles. The van der Waals surface area contributed by atoms with E-state index in [4.69, 9.17) is 14.2 Å². The summed E-state index contributed by atoms with van der Waals surface area (Å²) < 4.78 is 16.0. The van der Waals surface area contributed by atoms with Gasteiger partial charge in [0.05, 0.1) is 26.3 Å². The van der Waals surface area contributed by atoms with Crippen molar-refractivity contribution < 1.29 is 28.7 Å². The van der Waals surface area contributed by atoms with E-state index < -0.39 is 16.9 Å². The average molecular weight is 478 g/mol. The highest BCUT2D eigenvalue weighted by molar-refractivity contribution is 7.98. The molecule has 0 saturated carbocycles. The Morgan fingerprint density at radius 1 is 1.09 bits per heavy atom. The lowest BCUT2D eigenvalue weighted by Gasteiger charge is -2.19. The number of nitrogens with zero attached hydrogens (tertiary/aromatic N) is 1. The number of nitro benzene ring substituents is 1. The minimum absolute atomic E-state index is 0.107. The van der Waals surface area contributed by atoms with E-state index in [0.717, 1.165) is 0 Å². The first-order valence-corrected chi connectivity index (χ1v) is 11.3. The van der Waals surface area contributed by atoms with Crippen molar-refractivity contribution in [1.29, 1.82) is 0 Å². The van der Waals surface area contributed by atoms with Crippen LogP contribution in [-0.4, -0.2) is 56.1 Å². The summed E-state index contributed by atoms with van der Waals surface area (Å²) >= 11 is 1.54. The van der Waals surface area contributed by atoms with Crippen LogP contribution < -0.4 is 24.8 Å². The number of carbonyl (C=O) groups is 2. The van der Waals surface area contributed by atoms with Crippen molar-refractivity contribution in [3.8, 4) is 17.2 Å². The van der Waals surface area contributed by atoms with Gasteiger partial charge in [-0.1, -0.05) is 6.07 Å². The topological polar surface area (TPSA) is 129 Å². The monoisotopic (exact) mass is 477 g/mol. The third-order valence-electron chi connectivity index (χ3n) is 4.74. The van der Waals surface area contributed by atoms with Crippen molar-refractivity contribution in [2.75, 3.05) is 33.3 Å². The van der Waals surface area contributed by atoms with E-state index in [-0.39, 0.29) is 23.7 Å². The average Bonchev–Trinajstić information content (AvgIpc) is 2.83. The zero-order valence-electron chi connectivity index (χ0n) is 18.9. The summed E-state index contributed by atoms with van der Waals surface area (Å²) in [5.41, 5.74) is 0.623. The molecule has 33 heavy (non-hydrogen) atoms. The molecular weight excluding hydrogens is 450 g/mol. The van der Waals surface area contributed by atoms with Crippen molar-refractivity contribution in [1.82, 2.24) is 10.6 Å². The molecule has 11 heteroatoms. The minimum atomic E-state index is -0.814. The fraction of sp³-hybridized carbons (Fsp3) is 0.364. The van der Waals surface area contributed by atoms with Gasteiger partial charge in [-0.05, 0) is 42.2 Å². The molecule has 0 spiro atoms. The van der Waals surface area contributed by atoms with Crippen molar-refractivity contribution in [2.24, 2.45) is 0 Å². The lowest BCUT2D eigenvalue weighted by Crippen LogP contribution is -2.46. The van der Waals surface area contributed by atoms with Gasteiger partial charge in [-0.2, -0.15) is 11.8 Å². The molecule has 2 rings (SSSR count). The minimum Gasteiger partial charge on any atom is -0.493 e. The maximum absolute atomic E-state index is 12.9. The highest BCUT2D eigenvalue weighted by Crippen LogP contribution is 2.38. The summed E-state index contributed by atoms with van der Waals surface area (Å²) in [4.78, 5) is 35.9. The Labute approximate surface area is 196 Å². The van der Waals surface area contributed by atoms with Crippen LogP contribution in [0.25, 0.3) is 0 Å². The maximum Gasteiger partial charge on any atom is 0.270 e. The van der Waals surface area contributed by atoms with Crippen LogP contribution in [0.15, 0.2) is 36.4 Å². The molecule has 0 aromatic heterocycles. The summed E-state index contributed by atoms with van der Waals surface area (Å²) in [6.45, 7) is 0.165. The van der Waals surface area contributed by atoms with E-state index in [2.05, 4.69) is 10.6 Å².